The molecule has 2 rings (SSSR count). The van der Waals surface area contributed by atoms with E-state index in [0.717, 1.165) is 32.1 Å². The van der Waals surface area contributed by atoms with Crippen LogP contribution in [0.3, 0.4) is 0 Å². The van der Waals surface area contributed by atoms with Crippen molar-refractivity contribution in [3.8, 4) is 5.75 Å². The average molecular weight is 298 g/mol. The van der Waals surface area contributed by atoms with Crippen LogP contribution in [0, 0.1) is 0 Å². The first kappa shape index (κ1) is 15.3. The minimum absolute atomic E-state index is 0.104. The maximum absolute atomic E-state index is 11.4. The number of hydrogen-bond donors (Lipinski definition) is 0. The molecule has 0 amide bonds. The van der Waals surface area contributed by atoms with Gasteiger partial charge in [-0.05, 0) is 31.2 Å². The van der Waals surface area contributed by atoms with Gasteiger partial charge in [0.05, 0.1) is 19.3 Å². The van der Waals surface area contributed by atoms with E-state index < -0.39 is 0 Å². The largest absolute Gasteiger partial charge is 0.492 e. The number of benzene rings is 1. The molecule has 1 fully saturated rings. The molecular weight excluding hydrogens is 278 g/mol. The van der Waals surface area contributed by atoms with Crippen LogP contribution in [0.4, 0.5) is 0 Å². The lowest BCUT2D eigenvalue weighted by atomic mass is 10.1. The molecule has 110 valence electrons. The van der Waals surface area contributed by atoms with Crippen molar-refractivity contribution in [3.63, 3.8) is 0 Å². The van der Waals surface area contributed by atoms with E-state index in [2.05, 4.69) is 4.90 Å². The number of carbonyl (C=O) groups is 1. The van der Waals surface area contributed by atoms with E-state index in [9.17, 15) is 4.79 Å². The Morgan fingerprint density at radius 1 is 1.35 bits per heavy atom. The maximum Gasteiger partial charge on any atom is 0.131 e. The predicted octanol–water partition coefficient (Wildman–Crippen LogP) is 2.40. The monoisotopic (exact) mass is 297 g/mol. The summed E-state index contributed by atoms with van der Waals surface area (Å²) < 4.78 is 11.1. The van der Waals surface area contributed by atoms with E-state index in [1.54, 1.807) is 19.1 Å². The topological polar surface area (TPSA) is 38.8 Å². The molecule has 1 unspecified atom stereocenters. The second-order valence-corrected chi connectivity index (χ2v) is 5.41. The number of nitrogens with zero attached hydrogens (tertiary/aromatic N) is 1. The van der Waals surface area contributed by atoms with Crippen molar-refractivity contribution in [2.45, 2.75) is 19.4 Å². The second-order valence-electron chi connectivity index (χ2n) is 4.97. The van der Waals surface area contributed by atoms with Gasteiger partial charge in [-0.25, -0.2) is 0 Å². The molecule has 0 radical (unpaired) electrons. The van der Waals surface area contributed by atoms with E-state index in [-0.39, 0.29) is 11.8 Å². The van der Waals surface area contributed by atoms with Crippen LogP contribution in [-0.2, 0) is 9.53 Å². The van der Waals surface area contributed by atoms with Gasteiger partial charge in [-0.2, -0.15) is 0 Å². The van der Waals surface area contributed by atoms with Crippen LogP contribution >= 0.6 is 11.6 Å². The minimum atomic E-state index is 0.104. The lowest BCUT2D eigenvalue weighted by molar-refractivity contribution is -0.119. The number of hydrogen-bond acceptors (Lipinski definition) is 4. The summed E-state index contributed by atoms with van der Waals surface area (Å²) >= 11 is 5.84. The lowest BCUT2D eigenvalue weighted by Gasteiger charge is -2.33. The Labute approximate surface area is 124 Å². The molecule has 1 saturated heterocycles. The van der Waals surface area contributed by atoms with Crippen LogP contribution in [0.5, 0.6) is 5.75 Å². The second kappa shape index (κ2) is 7.62. The molecule has 0 saturated carbocycles. The van der Waals surface area contributed by atoms with Gasteiger partial charge in [0.25, 0.3) is 0 Å². The van der Waals surface area contributed by atoms with Gasteiger partial charge in [-0.1, -0.05) is 11.6 Å². The molecule has 0 bridgehead atoms. The molecular formula is C15H20ClNO3. The Bertz CT molecular complexity index is 429. The third kappa shape index (κ3) is 4.78. The van der Waals surface area contributed by atoms with Crippen LogP contribution < -0.4 is 4.74 Å². The smallest absolute Gasteiger partial charge is 0.131 e. The van der Waals surface area contributed by atoms with Crippen molar-refractivity contribution in [2.75, 3.05) is 32.9 Å². The zero-order chi connectivity index (χ0) is 14.4. The van der Waals surface area contributed by atoms with Gasteiger partial charge in [-0.3, -0.25) is 9.69 Å². The summed E-state index contributed by atoms with van der Waals surface area (Å²) in [7, 11) is 0. The van der Waals surface area contributed by atoms with Crippen LogP contribution in [0.15, 0.2) is 24.3 Å². The summed E-state index contributed by atoms with van der Waals surface area (Å²) in [5.74, 6) is 0.956. The maximum atomic E-state index is 11.4. The molecule has 1 aliphatic heterocycles. The number of morpholine rings is 1. The highest BCUT2D eigenvalue weighted by Gasteiger charge is 2.22. The molecule has 1 aromatic carbocycles. The number of ketones is 1. The Morgan fingerprint density at radius 2 is 2.00 bits per heavy atom. The van der Waals surface area contributed by atoms with Crippen LogP contribution in [0.25, 0.3) is 0 Å². The van der Waals surface area contributed by atoms with Crippen LogP contribution in [0.2, 0.25) is 5.02 Å². The van der Waals surface area contributed by atoms with Crippen molar-refractivity contribution >= 4 is 17.4 Å². The predicted molar refractivity (Wildman–Crippen MR) is 78.4 cm³/mol. The first-order valence-corrected chi connectivity index (χ1v) is 7.22. The molecule has 0 N–H and O–H groups in total. The van der Waals surface area contributed by atoms with E-state index in [0.29, 0.717) is 18.1 Å². The normalized spacial score (nSPS) is 17.7. The Hall–Kier alpha value is -1.10. The Morgan fingerprint density at radius 3 is 2.60 bits per heavy atom. The summed E-state index contributed by atoms with van der Waals surface area (Å²) in [6.07, 6.45) is 0.508. The molecule has 1 atom stereocenters. The van der Waals surface area contributed by atoms with Gasteiger partial charge in [0.2, 0.25) is 0 Å². The van der Waals surface area contributed by atoms with Crippen molar-refractivity contribution < 1.29 is 14.3 Å². The van der Waals surface area contributed by atoms with Gasteiger partial charge in [0.15, 0.2) is 0 Å². The number of halogens is 1. The van der Waals surface area contributed by atoms with Gasteiger partial charge in [0, 0.05) is 24.5 Å². The summed E-state index contributed by atoms with van der Waals surface area (Å²) in [6.45, 7) is 5.26. The Balaban J connectivity index is 1.92. The molecule has 0 aromatic heterocycles. The van der Waals surface area contributed by atoms with Crippen LogP contribution in [-0.4, -0.2) is 49.6 Å². The molecule has 0 aliphatic carbocycles. The van der Waals surface area contributed by atoms with E-state index in [1.807, 2.05) is 12.1 Å². The fourth-order valence-electron chi connectivity index (χ4n) is 2.29. The van der Waals surface area contributed by atoms with Crippen molar-refractivity contribution in [1.29, 1.82) is 0 Å². The molecule has 1 aliphatic rings. The SMILES string of the molecule is CC(=O)CC(COc1ccc(Cl)cc1)N1CCOCC1. The highest BCUT2D eigenvalue weighted by Crippen LogP contribution is 2.17. The fraction of sp³-hybridized carbons (Fsp3) is 0.533. The van der Waals surface area contributed by atoms with Crippen LogP contribution in [0.1, 0.15) is 13.3 Å². The van der Waals surface area contributed by atoms with E-state index in [4.69, 9.17) is 21.1 Å². The third-order valence-corrected chi connectivity index (χ3v) is 3.59. The first-order chi connectivity index (χ1) is 9.65. The molecule has 5 heteroatoms. The van der Waals surface area contributed by atoms with Gasteiger partial charge in [0.1, 0.15) is 18.1 Å². The Kier molecular flexibility index (Phi) is 5.83. The van der Waals surface area contributed by atoms with Crippen molar-refractivity contribution in [3.05, 3.63) is 29.3 Å². The average Bonchev–Trinajstić information content (AvgIpc) is 2.46. The van der Waals surface area contributed by atoms with E-state index >= 15 is 0 Å². The summed E-state index contributed by atoms with van der Waals surface area (Å²) in [5.41, 5.74) is 0. The number of Topliss-reactive ketones (excluding diaryl/α,β-unsaturated/α-hetero) is 1. The molecule has 1 heterocycles. The van der Waals surface area contributed by atoms with Crippen molar-refractivity contribution in [1.82, 2.24) is 4.90 Å². The lowest BCUT2D eigenvalue weighted by Crippen LogP contribution is -2.47. The summed E-state index contributed by atoms with van der Waals surface area (Å²) in [4.78, 5) is 13.7. The molecule has 20 heavy (non-hydrogen) atoms. The summed E-state index contributed by atoms with van der Waals surface area (Å²) in [5, 5.41) is 0.686. The van der Waals surface area contributed by atoms with E-state index in [1.165, 1.54) is 0 Å². The van der Waals surface area contributed by atoms with Crippen molar-refractivity contribution in [2.24, 2.45) is 0 Å². The zero-order valence-electron chi connectivity index (χ0n) is 11.7. The standard InChI is InChI=1S/C15H20ClNO3/c1-12(18)10-14(17-6-8-19-9-7-17)11-20-15-4-2-13(16)3-5-15/h2-5,14H,6-11H2,1H3. The quantitative estimate of drug-likeness (QED) is 0.808. The third-order valence-electron chi connectivity index (χ3n) is 3.34. The minimum Gasteiger partial charge on any atom is -0.492 e. The van der Waals surface area contributed by atoms with Gasteiger partial charge < -0.3 is 9.47 Å². The first-order valence-electron chi connectivity index (χ1n) is 6.85. The molecule has 1 aromatic rings. The molecule has 0 spiro atoms. The van der Waals surface area contributed by atoms with Gasteiger partial charge in [-0.15, -0.1) is 0 Å². The fourth-order valence-corrected chi connectivity index (χ4v) is 2.42. The highest BCUT2D eigenvalue weighted by molar-refractivity contribution is 6.30. The molecule has 4 nitrogen and oxygen atoms in total. The highest BCUT2D eigenvalue weighted by atomic mass is 35.5. The zero-order valence-corrected chi connectivity index (χ0v) is 12.4. The van der Waals surface area contributed by atoms with Gasteiger partial charge >= 0.3 is 0 Å². The number of ether oxygens (including phenoxy) is 2. The number of rotatable bonds is 6. The number of carbonyl (C=O) groups excluding carboxylic acids is 1. The summed E-state index contributed by atoms with van der Waals surface area (Å²) in [6, 6.07) is 7.38.